The van der Waals surface area contributed by atoms with Crippen molar-refractivity contribution in [3.8, 4) is 0 Å². The first-order chi connectivity index (χ1) is 3.13. The summed E-state index contributed by atoms with van der Waals surface area (Å²) >= 11 is 4.20. The van der Waals surface area contributed by atoms with Crippen LogP contribution in [0.4, 0.5) is 0 Å². The van der Waals surface area contributed by atoms with Crippen molar-refractivity contribution in [2.75, 3.05) is 20.6 Å². The van der Waals surface area contributed by atoms with Crippen LogP contribution in [0.15, 0.2) is 0 Å². The zero-order valence-corrected chi connectivity index (χ0v) is 6.07. The number of hydrogen-bond donors (Lipinski definition) is 1. The lowest BCUT2D eigenvalue weighted by Crippen LogP contribution is -2.19. The van der Waals surface area contributed by atoms with Gasteiger partial charge in [0, 0.05) is 11.8 Å². The molecule has 0 amide bonds. The fraction of sp³-hybridized carbons (Fsp3) is 1.00. The third-order valence-electron chi connectivity index (χ3n) is 0.629. The molecule has 1 atom stereocenters. The van der Waals surface area contributed by atoms with Gasteiger partial charge in [-0.2, -0.15) is 12.6 Å². The number of thiol groups is 1. The van der Waals surface area contributed by atoms with Crippen molar-refractivity contribution in [1.82, 2.24) is 4.90 Å². The van der Waals surface area contributed by atoms with E-state index in [2.05, 4.69) is 24.5 Å². The molecular formula is C5H13NS. The van der Waals surface area contributed by atoms with Crippen molar-refractivity contribution in [1.29, 1.82) is 0 Å². The number of rotatable bonds is 2. The Bertz CT molecular complexity index is 37.3. The van der Waals surface area contributed by atoms with E-state index >= 15 is 0 Å². The predicted molar refractivity (Wildman–Crippen MR) is 37.0 cm³/mol. The topological polar surface area (TPSA) is 3.24 Å². The van der Waals surface area contributed by atoms with Gasteiger partial charge in [0.2, 0.25) is 0 Å². The Balaban J connectivity index is 2.95. The number of nitrogens with zero attached hydrogens (tertiary/aromatic N) is 1. The van der Waals surface area contributed by atoms with Crippen LogP contribution in [0.1, 0.15) is 6.92 Å². The van der Waals surface area contributed by atoms with Gasteiger partial charge < -0.3 is 4.90 Å². The van der Waals surface area contributed by atoms with E-state index < -0.39 is 0 Å². The lowest BCUT2D eigenvalue weighted by molar-refractivity contribution is 0.414. The molecule has 0 aromatic carbocycles. The van der Waals surface area contributed by atoms with Crippen LogP contribution in [0.3, 0.4) is 0 Å². The quantitative estimate of drug-likeness (QED) is 0.528. The van der Waals surface area contributed by atoms with Crippen LogP contribution >= 0.6 is 12.6 Å². The van der Waals surface area contributed by atoms with Gasteiger partial charge in [-0.05, 0) is 14.1 Å². The average molecular weight is 119 g/mol. The normalized spacial score (nSPS) is 15.0. The second-order valence-corrected chi connectivity index (χ2v) is 2.99. The molecule has 0 aliphatic heterocycles. The largest absolute Gasteiger partial charge is 0.308 e. The maximum Gasteiger partial charge on any atom is 0.0116 e. The van der Waals surface area contributed by atoms with E-state index in [-0.39, 0.29) is 0 Å². The highest BCUT2D eigenvalue weighted by molar-refractivity contribution is 7.80. The third kappa shape index (κ3) is 6.31. The Morgan fingerprint density at radius 1 is 1.57 bits per heavy atom. The highest BCUT2D eigenvalue weighted by atomic mass is 32.1. The standard InChI is InChI=1S/C5H13NS/c1-5(7)4-6(2)3/h5,7H,4H2,1-3H3/t5-/m0/s1. The Morgan fingerprint density at radius 3 is 2.00 bits per heavy atom. The van der Waals surface area contributed by atoms with E-state index in [9.17, 15) is 0 Å². The second kappa shape index (κ2) is 3.33. The van der Waals surface area contributed by atoms with Crippen molar-refractivity contribution in [2.24, 2.45) is 0 Å². The molecule has 7 heavy (non-hydrogen) atoms. The molecule has 0 saturated heterocycles. The van der Waals surface area contributed by atoms with Crippen LogP contribution < -0.4 is 0 Å². The zero-order chi connectivity index (χ0) is 5.86. The summed E-state index contributed by atoms with van der Waals surface area (Å²) in [5, 5.41) is 0.495. The van der Waals surface area contributed by atoms with Gasteiger partial charge in [0.1, 0.15) is 0 Å². The zero-order valence-electron chi connectivity index (χ0n) is 5.18. The predicted octanol–water partition coefficient (Wildman–Crippen LogP) is 0.866. The fourth-order valence-electron chi connectivity index (χ4n) is 0.528. The van der Waals surface area contributed by atoms with Gasteiger partial charge in [0.15, 0.2) is 0 Å². The van der Waals surface area contributed by atoms with Gasteiger partial charge in [0.05, 0.1) is 0 Å². The minimum atomic E-state index is 0.495. The van der Waals surface area contributed by atoms with Crippen molar-refractivity contribution in [2.45, 2.75) is 12.2 Å². The fourth-order valence-corrected chi connectivity index (χ4v) is 0.855. The highest BCUT2D eigenvalue weighted by Gasteiger charge is 1.93. The van der Waals surface area contributed by atoms with Crippen LogP contribution in [0.2, 0.25) is 0 Å². The Kier molecular flexibility index (Phi) is 3.48. The van der Waals surface area contributed by atoms with E-state index in [4.69, 9.17) is 0 Å². The summed E-state index contributed by atoms with van der Waals surface area (Å²) in [5.41, 5.74) is 0. The number of hydrogen-bond acceptors (Lipinski definition) is 2. The first kappa shape index (κ1) is 7.31. The molecule has 0 unspecified atom stereocenters. The highest BCUT2D eigenvalue weighted by Crippen LogP contribution is 1.91. The average Bonchev–Trinajstić information content (AvgIpc) is 1.27. The van der Waals surface area contributed by atoms with Gasteiger partial charge in [-0.25, -0.2) is 0 Å². The molecule has 0 heterocycles. The molecule has 0 N–H and O–H groups in total. The lowest BCUT2D eigenvalue weighted by atomic mass is 10.4. The summed E-state index contributed by atoms with van der Waals surface area (Å²) in [7, 11) is 4.10. The van der Waals surface area contributed by atoms with E-state index in [1.807, 2.05) is 14.1 Å². The van der Waals surface area contributed by atoms with Crippen LogP contribution in [0, 0.1) is 0 Å². The molecule has 1 nitrogen and oxygen atoms in total. The maximum atomic E-state index is 4.20. The van der Waals surface area contributed by atoms with Gasteiger partial charge in [0.25, 0.3) is 0 Å². The molecule has 0 aromatic rings. The van der Waals surface area contributed by atoms with Gasteiger partial charge >= 0.3 is 0 Å². The minimum absolute atomic E-state index is 0.495. The van der Waals surface area contributed by atoms with Gasteiger partial charge in [-0.3, -0.25) is 0 Å². The molecule has 44 valence electrons. The van der Waals surface area contributed by atoms with Crippen molar-refractivity contribution in [3.63, 3.8) is 0 Å². The Hall–Kier alpha value is 0.310. The minimum Gasteiger partial charge on any atom is -0.308 e. The third-order valence-corrected chi connectivity index (χ3v) is 0.793. The summed E-state index contributed by atoms with van der Waals surface area (Å²) in [6.07, 6.45) is 0. The maximum absolute atomic E-state index is 4.20. The van der Waals surface area contributed by atoms with Crippen molar-refractivity contribution < 1.29 is 0 Å². The lowest BCUT2D eigenvalue weighted by Gasteiger charge is -2.10. The van der Waals surface area contributed by atoms with E-state index in [1.54, 1.807) is 0 Å². The van der Waals surface area contributed by atoms with E-state index in [0.29, 0.717) is 5.25 Å². The first-order valence-electron chi connectivity index (χ1n) is 2.45. The SMILES string of the molecule is C[C@H](S)CN(C)C. The summed E-state index contributed by atoms with van der Waals surface area (Å²) < 4.78 is 0. The summed E-state index contributed by atoms with van der Waals surface area (Å²) in [4.78, 5) is 2.12. The molecule has 0 fully saturated rings. The smallest absolute Gasteiger partial charge is 0.0116 e. The molecule has 0 aromatic heterocycles. The van der Waals surface area contributed by atoms with Crippen LogP contribution in [-0.2, 0) is 0 Å². The molecule has 2 heteroatoms. The van der Waals surface area contributed by atoms with Gasteiger partial charge in [-0.15, -0.1) is 0 Å². The Morgan fingerprint density at radius 2 is 2.00 bits per heavy atom. The summed E-state index contributed by atoms with van der Waals surface area (Å²) in [6, 6.07) is 0. The van der Waals surface area contributed by atoms with Crippen LogP contribution in [0.5, 0.6) is 0 Å². The molecule has 0 rings (SSSR count). The van der Waals surface area contributed by atoms with E-state index in [1.165, 1.54) is 0 Å². The molecule has 0 spiro atoms. The summed E-state index contributed by atoms with van der Waals surface area (Å²) in [6.45, 7) is 3.15. The van der Waals surface area contributed by atoms with Crippen LogP contribution in [-0.4, -0.2) is 30.8 Å². The van der Waals surface area contributed by atoms with Crippen LogP contribution in [0.25, 0.3) is 0 Å². The summed E-state index contributed by atoms with van der Waals surface area (Å²) in [5.74, 6) is 0. The van der Waals surface area contributed by atoms with Crippen molar-refractivity contribution >= 4 is 12.6 Å². The van der Waals surface area contributed by atoms with Gasteiger partial charge in [-0.1, -0.05) is 6.92 Å². The second-order valence-electron chi connectivity index (χ2n) is 2.11. The first-order valence-corrected chi connectivity index (χ1v) is 2.97. The molecular weight excluding hydrogens is 106 g/mol. The molecule has 0 saturated carbocycles. The molecule has 0 aliphatic rings. The molecule has 0 radical (unpaired) electrons. The Labute approximate surface area is 51.1 Å². The van der Waals surface area contributed by atoms with E-state index in [0.717, 1.165) is 6.54 Å². The molecule has 0 aliphatic carbocycles. The van der Waals surface area contributed by atoms with Crippen molar-refractivity contribution in [3.05, 3.63) is 0 Å². The molecule has 0 bridgehead atoms. The monoisotopic (exact) mass is 119 g/mol.